The number of hydrogen-bond acceptors (Lipinski definition) is 3. The van der Waals surface area contributed by atoms with Gasteiger partial charge in [-0.05, 0) is 54.5 Å². The third-order valence-corrected chi connectivity index (χ3v) is 6.05. The minimum absolute atomic E-state index is 0.321. The number of benzene rings is 2. The Bertz CT molecular complexity index is 679. The minimum Gasteiger partial charge on any atom is -0.396 e. The fourth-order valence-electron chi connectivity index (χ4n) is 4.57. The van der Waals surface area contributed by atoms with Gasteiger partial charge < -0.3 is 10.0 Å². The van der Waals surface area contributed by atoms with Crippen molar-refractivity contribution in [2.75, 3.05) is 39.3 Å². The van der Waals surface area contributed by atoms with Crippen molar-refractivity contribution in [2.24, 2.45) is 11.8 Å². The molecule has 0 saturated carbocycles. The van der Waals surface area contributed by atoms with Gasteiger partial charge in [-0.2, -0.15) is 0 Å². The van der Waals surface area contributed by atoms with Crippen LogP contribution in [0.3, 0.4) is 0 Å². The molecule has 0 radical (unpaired) electrons. The van der Waals surface area contributed by atoms with Gasteiger partial charge in [0.15, 0.2) is 0 Å². The number of rotatable bonds is 6. The molecular formula is C23H30N2O. The molecular weight excluding hydrogens is 320 g/mol. The van der Waals surface area contributed by atoms with Crippen molar-refractivity contribution in [1.82, 2.24) is 9.80 Å². The number of hydrogen-bond donors (Lipinski definition) is 1. The van der Waals surface area contributed by atoms with E-state index in [1.165, 1.54) is 42.6 Å². The van der Waals surface area contributed by atoms with Gasteiger partial charge in [0, 0.05) is 32.8 Å². The van der Waals surface area contributed by atoms with Crippen LogP contribution in [-0.4, -0.2) is 54.2 Å². The number of aliphatic hydroxyl groups excluding tert-OH is 1. The lowest BCUT2D eigenvalue weighted by molar-refractivity contribution is 0.175. The van der Waals surface area contributed by atoms with Crippen LogP contribution in [0.5, 0.6) is 0 Å². The van der Waals surface area contributed by atoms with Gasteiger partial charge in [-0.3, -0.25) is 4.90 Å². The molecule has 0 unspecified atom stereocenters. The quantitative estimate of drug-likeness (QED) is 0.864. The highest BCUT2D eigenvalue weighted by Crippen LogP contribution is 2.27. The molecule has 2 atom stereocenters. The van der Waals surface area contributed by atoms with Crippen molar-refractivity contribution < 1.29 is 5.11 Å². The molecule has 2 heterocycles. The fraction of sp³-hybridized carbons (Fsp3) is 0.478. The van der Waals surface area contributed by atoms with Crippen molar-refractivity contribution in [3.63, 3.8) is 0 Å². The van der Waals surface area contributed by atoms with E-state index < -0.39 is 0 Å². The standard InChI is InChI=1S/C23H30N2O/c26-18-23-17-25(16-22(23)15-24-12-4-5-13-24)14-19-8-10-21(11-9-19)20-6-2-1-3-7-20/h1-3,6-11,22-23,26H,4-5,12-18H2/t22-,23-/m0/s1. The molecule has 26 heavy (non-hydrogen) atoms. The third-order valence-electron chi connectivity index (χ3n) is 6.05. The van der Waals surface area contributed by atoms with Crippen molar-refractivity contribution >= 4 is 0 Å². The van der Waals surface area contributed by atoms with E-state index in [0.717, 1.165) is 26.2 Å². The second-order valence-corrected chi connectivity index (χ2v) is 7.97. The van der Waals surface area contributed by atoms with Gasteiger partial charge in [-0.25, -0.2) is 0 Å². The summed E-state index contributed by atoms with van der Waals surface area (Å²) in [6.07, 6.45) is 2.68. The first kappa shape index (κ1) is 17.7. The highest BCUT2D eigenvalue weighted by molar-refractivity contribution is 5.63. The average molecular weight is 351 g/mol. The minimum atomic E-state index is 0.321. The molecule has 138 valence electrons. The average Bonchev–Trinajstić information content (AvgIpc) is 3.33. The van der Waals surface area contributed by atoms with E-state index in [9.17, 15) is 5.11 Å². The summed E-state index contributed by atoms with van der Waals surface area (Å²) < 4.78 is 0. The van der Waals surface area contributed by atoms with Gasteiger partial charge in [0.25, 0.3) is 0 Å². The topological polar surface area (TPSA) is 26.7 Å². The number of likely N-dealkylation sites (tertiary alicyclic amines) is 2. The lowest BCUT2D eigenvalue weighted by Crippen LogP contribution is -2.31. The van der Waals surface area contributed by atoms with Gasteiger partial charge in [0.2, 0.25) is 0 Å². The summed E-state index contributed by atoms with van der Waals surface area (Å²) in [5, 5.41) is 9.81. The molecule has 0 spiro atoms. The second kappa shape index (κ2) is 8.34. The Morgan fingerprint density at radius 1 is 0.769 bits per heavy atom. The Kier molecular flexibility index (Phi) is 5.68. The Labute approximate surface area is 157 Å². The predicted octanol–water partition coefficient (Wildman–Crippen LogP) is 3.49. The smallest absolute Gasteiger partial charge is 0.0475 e. The van der Waals surface area contributed by atoms with Crippen molar-refractivity contribution in [3.8, 4) is 11.1 Å². The largest absolute Gasteiger partial charge is 0.396 e. The zero-order chi connectivity index (χ0) is 17.8. The summed E-state index contributed by atoms with van der Waals surface area (Å²) in [6, 6.07) is 19.5. The lowest BCUT2D eigenvalue weighted by atomic mass is 9.96. The first-order valence-corrected chi connectivity index (χ1v) is 10.0. The molecule has 0 aliphatic carbocycles. The predicted molar refractivity (Wildman–Crippen MR) is 107 cm³/mol. The van der Waals surface area contributed by atoms with Crippen LogP contribution in [0.2, 0.25) is 0 Å². The Balaban J connectivity index is 1.36. The summed E-state index contributed by atoms with van der Waals surface area (Å²) >= 11 is 0. The van der Waals surface area contributed by atoms with Gasteiger partial charge in [0.05, 0.1) is 0 Å². The Hall–Kier alpha value is -1.68. The van der Waals surface area contributed by atoms with E-state index in [0.29, 0.717) is 18.4 Å². The van der Waals surface area contributed by atoms with Crippen LogP contribution in [0, 0.1) is 11.8 Å². The van der Waals surface area contributed by atoms with Crippen LogP contribution < -0.4 is 0 Å². The van der Waals surface area contributed by atoms with E-state index in [1.807, 2.05) is 0 Å². The fourth-order valence-corrected chi connectivity index (χ4v) is 4.57. The molecule has 2 aromatic rings. The molecule has 3 heteroatoms. The molecule has 3 nitrogen and oxygen atoms in total. The zero-order valence-electron chi connectivity index (χ0n) is 15.6. The highest BCUT2D eigenvalue weighted by atomic mass is 16.3. The van der Waals surface area contributed by atoms with Crippen LogP contribution in [0.25, 0.3) is 11.1 Å². The summed E-state index contributed by atoms with van der Waals surface area (Å²) in [7, 11) is 0. The van der Waals surface area contributed by atoms with E-state index in [2.05, 4.69) is 64.4 Å². The number of aliphatic hydroxyl groups is 1. The summed E-state index contributed by atoms with van der Waals surface area (Å²) in [5.74, 6) is 1.04. The first-order valence-electron chi connectivity index (χ1n) is 10.0. The first-order chi connectivity index (χ1) is 12.8. The molecule has 0 aromatic heterocycles. The van der Waals surface area contributed by atoms with Crippen LogP contribution in [-0.2, 0) is 6.54 Å². The van der Waals surface area contributed by atoms with Crippen LogP contribution in [0.1, 0.15) is 18.4 Å². The monoisotopic (exact) mass is 350 g/mol. The number of nitrogens with zero attached hydrogens (tertiary/aromatic N) is 2. The summed E-state index contributed by atoms with van der Waals surface area (Å²) in [4.78, 5) is 5.12. The molecule has 0 amide bonds. The summed E-state index contributed by atoms with van der Waals surface area (Å²) in [6.45, 7) is 7.10. The Morgan fingerprint density at radius 3 is 2.12 bits per heavy atom. The molecule has 2 saturated heterocycles. The maximum absolute atomic E-state index is 9.81. The molecule has 0 bridgehead atoms. The van der Waals surface area contributed by atoms with Gasteiger partial charge in [-0.15, -0.1) is 0 Å². The highest BCUT2D eigenvalue weighted by Gasteiger charge is 2.33. The van der Waals surface area contributed by atoms with Gasteiger partial charge in [-0.1, -0.05) is 54.6 Å². The van der Waals surface area contributed by atoms with Gasteiger partial charge >= 0.3 is 0 Å². The van der Waals surface area contributed by atoms with E-state index in [1.54, 1.807) is 0 Å². The lowest BCUT2D eigenvalue weighted by Gasteiger charge is -2.23. The van der Waals surface area contributed by atoms with E-state index >= 15 is 0 Å². The summed E-state index contributed by atoms with van der Waals surface area (Å²) in [5.41, 5.74) is 3.91. The van der Waals surface area contributed by atoms with Crippen LogP contribution in [0.15, 0.2) is 54.6 Å². The van der Waals surface area contributed by atoms with E-state index in [-0.39, 0.29) is 0 Å². The second-order valence-electron chi connectivity index (χ2n) is 7.97. The maximum atomic E-state index is 9.81. The molecule has 4 rings (SSSR count). The molecule has 2 fully saturated rings. The molecule has 2 aromatic carbocycles. The Morgan fingerprint density at radius 2 is 1.42 bits per heavy atom. The van der Waals surface area contributed by atoms with Crippen LogP contribution >= 0.6 is 0 Å². The van der Waals surface area contributed by atoms with Crippen molar-refractivity contribution in [2.45, 2.75) is 19.4 Å². The molecule has 2 aliphatic heterocycles. The third kappa shape index (κ3) is 4.17. The van der Waals surface area contributed by atoms with Crippen molar-refractivity contribution in [1.29, 1.82) is 0 Å². The van der Waals surface area contributed by atoms with Gasteiger partial charge in [0.1, 0.15) is 0 Å². The van der Waals surface area contributed by atoms with E-state index in [4.69, 9.17) is 0 Å². The normalized spacial score (nSPS) is 24.3. The molecule has 1 N–H and O–H groups in total. The van der Waals surface area contributed by atoms with Crippen molar-refractivity contribution in [3.05, 3.63) is 60.2 Å². The molecule has 2 aliphatic rings. The zero-order valence-corrected chi connectivity index (χ0v) is 15.6. The SMILES string of the molecule is OC[C@@H]1CN(Cc2ccc(-c3ccccc3)cc2)C[C@@H]1CN1CCCC1. The maximum Gasteiger partial charge on any atom is 0.0475 e. The van der Waals surface area contributed by atoms with Crippen LogP contribution in [0.4, 0.5) is 0 Å².